The third-order valence-electron chi connectivity index (χ3n) is 4.08. The van der Waals surface area contributed by atoms with E-state index in [4.69, 9.17) is 0 Å². The molecule has 1 amide bonds. The van der Waals surface area contributed by atoms with Crippen LogP contribution in [0.25, 0.3) is 0 Å². The first-order valence-corrected chi connectivity index (χ1v) is 7.19. The maximum Gasteiger partial charge on any atom is 0.262 e. The smallest absolute Gasteiger partial charge is 0.262 e. The summed E-state index contributed by atoms with van der Waals surface area (Å²) in [6, 6.07) is 14.7. The van der Waals surface area contributed by atoms with Crippen LogP contribution in [0.2, 0.25) is 0 Å². The van der Waals surface area contributed by atoms with E-state index in [-0.39, 0.29) is 11.1 Å². The number of hydrogen-bond donors (Lipinski definition) is 2. The SMILES string of the molecule is CC(=O)[C@H](C(=O)c1ccccc1)[C@]1(O)C(=O)Nc2ccccc21. The van der Waals surface area contributed by atoms with Gasteiger partial charge in [-0.3, -0.25) is 14.4 Å². The van der Waals surface area contributed by atoms with Gasteiger partial charge in [-0.2, -0.15) is 0 Å². The van der Waals surface area contributed by atoms with E-state index in [0.29, 0.717) is 5.69 Å². The molecule has 2 aromatic rings. The van der Waals surface area contributed by atoms with Gasteiger partial charge in [0.15, 0.2) is 11.4 Å². The van der Waals surface area contributed by atoms with Crippen LogP contribution in [0.3, 0.4) is 0 Å². The molecule has 2 aromatic carbocycles. The van der Waals surface area contributed by atoms with Gasteiger partial charge in [0, 0.05) is 16.8 Å². The molecule has 1 aliphatic heterocycles. The first-order valence-electron chi connectivity index (χ1n) is 7.19. The topological polar surface area (TPSA) is 83.5 Å². The molecule has 23 heavy (non-hydrogen) atoms. The largest absolute Gasteiger partial charge is 0.374 e. The lowest BCUT2D eigenvalue weighted by molar-refractivity contribution is -0.144. The Morgan fingerprint density at radius 2 is 1.65 bits per heavy atom. The molecule has 0 spiro atoms. The quantitative estimate of drug-likeness (QED) is 0.667. The normalized spacial score (nSPS) is 20.5. The fourth-order valence-electron chi connectivity index (χ4n) is 2.99. The summed E-state index contributed by atoms with van der Waals surface area (Å²) in [7, 11) is 0. The van der Waals surface area contributed by atoms with Crippen molar-refractivity contribution in [1.29, 1.82) is 0 Å². The van der Waals surface area contributed by atoms with Gasteiger partial charge in [-0.05, 0) is 13.0 Å². The van der Waals surface area contributed by atoms with Crippen molar-refractivity contribution in [3.63, 3.8) is 0 Å². The number of carbonyl (C=O) groups is 3. The Kier molecular flexibility index (Phi) is 3.58. The van der Waals surface area contributed by atoms with Gasteiger partial charge < -0.3 is 10.4 Å². The number of aliphatic hydroxyl groups is 1. The molecule has 116 valence electrons. The minimum absolute atomic E-state index is 0.245. The number of hydrogen-bond acceptors (Lipinski definition) is 4. The standard InChI is InChI=1S/C18H15NO4/c1-11(20)15(16(21)12-7-3-2-4-8-12)18(23)13-9-5-6-10-14(13)19-17(18)22/h2-10,15,23H,1H3,(H,19,22)/t15-,18+/m1/s1. The molecule has 3 rings (SSSR count). The average molecular weight is 309 g/mol. The minimum Gasteiger partial charge on any atom is -0.374 e. The minimum atomic E-state index is -2.20. The van der Waals surface area contributed by atoms with Crippen LogP contribution in [0.1, 0.15) is 22.8 Å². The number of ketones is 2. The van der Waals surface area contributed by atoms with Gasteiger partial charge in [0.2, 0.25) is 0 Å². The van der Waals surface area contributed by atoms with Crippen molar-refractivity contribution >= 4 is 23.2 Å². The van der Waals surface area contributed by atoms with E-state index in [1.165, 1.54) is 6.92 Å². The first kappa shape index (κ1) is 15.1. The highest BCUT2D eigenvalue weighted by Gasteiger charge is 2.55. The van der Waals surface area contributed by atoms with E-state index in [1.807, 2.05) is 0 Å². The van der Waals surface area contributed by atoms with Crippen LogP contribution in [0.4, 0.5) is 5.69 Å². The summed E-state index contributed by atoms with van der Waals surface area (Å²) >= 11 is 0. The van der Waals surface area contributed by atoms with Crippen LogP contribution in [0, 0.1) is 5.92 Å². The van der Waals surface area contributed by atoms with Gasteiger partial charge in [-0.1, -0.05) is 48.5 Å². The number of benzene rings is 2. The number of anilines is 1. The third kappa shape index (κ3) is 2.26. The summed E-state index contributed by atoms with van der Waals surface area (Å²) < 4.78 is 0. The van der Waals surface area contributed by atoms with E-state index < -0.39 is 29.0 Å². The van der Waals surface area contributed by atoms with Gasteiger partial charge >= 0.3 is 0 Å². The predicted octanol–water partition coefficient (Wildman–Crippen LogP) is 1.91. The number of Topliss-reactive ketones (excluding diaryl/α,β-unsaturated/α-hetero) is 2. The maximum atomic E-state index is 12.8. The van der Waals surface area contributed by atoms with Gasteiger partial charge in [0.25, 0.3) is 5.91 Å². The molecule has 1 heterocycles. The molecule has 0 unspecified atom stereocenters. The summed E-state index contributed by atoms with van der Waals surface area (Å²) in [6.45, 7) is 1.21. The summed E-state index contributed by atoms with van der Waals surface area (Å²) in [6.07, 6.45) is 0. The first-order chi connectivity index (χ1) is 11.0. The number of carbonyl (C=O) groups excluding carboxylic acids is 3. The molecule has 0 bridgehead atoms. The highest BCUT2D eigenvalue weighted by Crippen LogP contribution is 2.42. The molecule has 0 aromatic heterocycles. The monoisotopic (exact) mass is 309 g/mol. The number of amides is 1. The van der Waals surface area contributed by atoms with Crippen LogP contribution in [-0.4, -0.2) is 22.6 Å². The molecule has 1 aliphatic rings. The van der Waals surface area contributed by atoms with Crippen molar-refractivity contribution in [1.82, 2.24) is 0 Å². The van der Waals surface area contributed by atoms with Gasteiger partial charge in [0.1, 0.15) is 11.7 Å². The van der Waals surface area contributed by atoms with Crippen molar-refractivity contribution in [2.24, 2.45) is 5.92 Å². The lowest BCUT2D eigenvalue weighted by Crippen LogP contribution is -2.48. The van der Waals surface area contributed by atoms with Gasteiger partial charge in [0.05, 0.1) is 0 Å². The zero-order chi connectivity index (χ0) is 16.6. The molecule has 5 heteroatoms. The Hall–Kier alpha value is -2.79. The molecular formula is C18H15NO4. The molecule has 0 saturated carbocycles. The Labute approximate surface area is 133 Å². The number of rotatable bonds is 4. The van der Waals surface area contributed by atoms with E-state index in [2.05, 4.69) is 5.32 Å². The number of fused-ring (bicyclic) bond motifs is 1. The van der Waals surface area contributed by atoms with Crippen molar-refractivity contribution in [2.45, 2.75) is 12.5 Å². The van der Waals surface area contributed by atoms with E-state index in [9.17, 15) is 19.5 Å². The van der Waals surface area contributed by atoms with Crippen molar-refractivity contribution in [3.8, 4) is 0 Å². The molecule has 0 fully saturated rings. The van der Waals surface area contributed by atoms with Crippen molar-refractivity contribution < 1.29 is 19.5 Å². The molecule has 0 saturated heterocycles. The Morgan fingerprint density at radius 3 is 2.30 bits per heavy atom. The van der Waals surface area contributed by atoms with Gasteiger partial charge in [-0.15, -0.1) is 0 Å². The Balaban J connectivity index is 2.14. The third-order valence-corrected chi connectivity index (χ3v) is 4.08. The van der Waals surface area contributed by atoms with Crippen LogP contribution < -0.4 is 5.32 Å². The van der Waals surface area contributed by atoms with E-state index in [1.54, 1.807) is 54.6 Å². The maximum absolute atomic E-state index is 12.8. The fourth-order valence-corrected chi connectivity index (χ4v) is 2.99. The highest BCUT2D eigenvalue weighted by molar-refractivity contribution is 6.18. The lowest BCUT2D eigenvalue weighted by atomic mass is 9.76. The van der Waals surface area contributed by atoms with E-state index >= 15 is 0 Å². The number of nitrogens with one attached hydrogen (secondary N) is 1. The van der Waals surface area contributed by atoms with Crippen LogP contribution in [-0.2, 0) is 15.2 Å². The Bertz CT molecular complexity index is 800. The zero-order valence-electron chi connectivity index (χ0n) is 12.4. The molecule has 0 aliphatic carbocycles. The number of para-hydroxylation sites is 1. The summed E-state index contributed by atoms with van der Waals surface area (Å²) in [5.74, 6) is -3.39. The van der Waals surface area contributed by atoms with Crippen LogP contribution in [0.15, 0.2) is 54.6 Å². The Morgan fingerprint density at radius 1 is 1.04 bits per heavy atom. The average Bonchev–Trinajstić information content (AvgIpc) is 2.80. The highest BCUT2D eigenvalue weighted by atomic mass is 16.3. The molecule has 2 atom stereocenters. The zero-order valence-corrected chi connectivity index (χ0v) is 12.4. The molecular weight excluding hydrogens is 294 g/mol. The lowest BCUT2D eigenvalue weighted by Gasteiger charge is -2.28. The van der Waals surface area contributed by atoms with E-state index in [0.717, 1.165) is 0 Å². The predicted molar refractivity (Wildman–Crippen MR) is 83.9 cm³/mol. The second-order valence-corrected chi connectivity index (χ2v) is 5.54. The van der Waals surface area contributed by atoms with Crippen LogP contribution in [0.5, 0.6) is 0 Å². The molecule has 5 nitrogen and oxygen atoms in total. The second-order valence-electron chi connectivity index (χ2n) is 5.54. The summed E-state index contributed by atoms with van der Waals surface area (Å²) in [4.78, 5) is 37.3. The van der Waals surface area contributed by atoms with Crippen LogP contribution >= 0.6 is 0 Å². The summed E-state index contributed by atoms with van der Waals surface area (Å²) in [5, 5.41) is 13.6. The molecule has 0 radical (unpaired) electrons. The molecule has 2 N–H and O–H groups in total. The van der Waals surface area contributed by atoms with Crippen molar-refractivity contribution in [3.05, 3.63) is 65.7 Å². The van der Waals surface area contributed by atoms with Gasteiger partial charge in [-0.25, -0.2) is 0 Å². The second kappa shape index (κ2) is 5.44. The van der Waals surface area contributed by atoms with Crippen molar-refractivity contribution in [2.75, 3.05) is 5.32 Å². The fraction of sp³-hybridized carbons (Fsp3) is 0.167. The summed E-state index contributed by atoms with van der Waals surface area (Å²) in [5.41, 5.74) is -1.27.